The molecule has 25 heavy (non-hydrogen) atoms. The Balaban J connectivity index is 1.57. The Morgan fingerprint density at radius 3 is 2.40 bits per heavy atom. The number of carbonyl (C=O) groups excluding carboxylic acids is 1. The fourth-order valence-electron chi connectivity index (χ4n) is 3.09. The molecule has 0 aliphatic heterocycles. The van der Waals surface area contributed by atoms with Crippen LogP contribution >= 0.6 is 0 Å². The maximum atomic E-state index is 12.1. The SMILES string of the molecule is CC[C@]1(N)C[C@H]1c1ccc(NC(=O)Cc2ccc([N+](=O)[O-])cc2)cc1. The largest absolute Gasteiger partial charge is 0.326 e. The second kappa shape index (κ2) is 6.64. The molecule has 3 N–H and O–H groups in total. The number of nitrogens with two attached hydrogens (primary N) is 1. The monoisotopic (exact) mass is 339 g/mol. The summed E-state index contributed by atoms with van der Waals surface area (Å²) in [6, 6.07) is 13.8. The quantitative estimate of drug-likeness (QED) is 0.622. The predicted molar refractivity (Wildman–Crippen MR) is 96.4 cm³/mol. The third-order valence-electron chi connectivity index (χ3n) is 4.88. The fourth-order valence-corrected chi connectivity index (χ4v) is 3.09. The van der Waals surface area contributed by atoms with Crippen LogP contribution in [0.25, 0.3) is 0 Å². The molecule has 2 aromatic carbocycles. The van der Waals surface area contributed by atoms with E-state index in [2.05, 4.69) is 12.2 Å². The minimum absolute atomic E-state index is 0.0166. The molecule has 1 fully saturated rings. The minimum Gasteiger partial charge on any atom is -0.326 e. The molecule has 130 valence electrons. The van der Waals surface area contributed by atoms with Crippen LogP contribution < -0.4 is 11.1 Å². The molecule has 1 aliphatic carbocycles. The van der Waals surface area contributed by atoms with E-state index in [-0.39, 0.29) is 23.6 Å². The van der Waals surface area contributed by atoms with E-state index in [4.69, 9.17) is 5.73 Å². The maximum absolute atomic E-state index is 12.1. The van der Waals surface area contributed by atoms with E-state index in [1.807, 2.05) is 24.3 Å². The second-order valence-electron chi connectivity index (χ2n) is 6.61. The molecule has 0 bridgehead atoms. The molecule has 0 aromatic heterocycles. The molecule has 2 atom stereocenters. The smallest absolute Gasteiger partial charge is 0.269 e. The molecule has 0 saturated heterocycles. The molecule has 0 radical (unpaired) electrons. The van der Waals surface area contributed by atoms with Crippen molar-refractivity contribution in [3.05, 3.63) is 69.8 Å². The zero-order chi connectivity index (χ0) is 18.0. The van der Waals surface area contributed by atoms with Crippen LogP contribution in [-0.2, 0) is 11.2 Å². The summed E-state index contributed by atoms with van der Waals surface area (Å²) in [7, 11) is 0. The van der Waals surface area contributed by atoms with Crippen molar-refractivity contribution in [2.75, 3.05) is 5.32 Å². The summed E-state index contributed by atoms with van der Waals surface area (Å²) in [5.41, 5.74) is 8.86. The molecule has 3 rings (SSSR count). The molecule has 6 heteroatoms. The summed E-state index contributed by atoms with van der Waals surface area (Å²) in [5, 5.41) is 13.5. The van der Waals surface area contributed by atoms with Crippen molar-refractivity contribution < 1.29 is 9.72 Å². The molecule has 2 aromatic rings. The zero-order valence-corrected chi connectivity index (χ0v) is 14.1. The highest BCUT2D eigenvalue weighted by atomic mass is 16.6. The van der Waals surface area contributed by atoms with Gasteiger partial charge in [0, 0.05) is 29.3 Å². The van der Waals surface area contributed by atoms with Gasteiger partial charge in [0.05, 0.1) is 11.3 Å². The lowest BCUT2D eigenvalue weighted by Crippen LogP contribution is -2.22. The summed E-state index contributed by atoms with van der Waals surface area (Å²) in [4.78, 5) is 22.3. The number of hydrogen-bond donors (Lipinski definition) is 2. The van der Waals surface area contributed by atoms with Crippen LogP contribution in [0.1, 0.15) is 36.8 Å². The number of nitro benzene ring substituents is 1. The topological polar surface area (TPSA) is 98.3 Å². The van der Waals surface area contributed by atoms with Crippen LogP contribution in [0.5, 0.6) is 0 Å². The number of nitrogens with zero attached hydrogens (tertiary/aromatic N) is 1. The number of amides is 1. The number of non-ortho nitro benzene ring substituents is 1. The lowest BCUT2D eigenvalue weighted by atomic mass is 10.0. The highest BCUT2D eigenvalue weighted by Gasteiger charge is 2.49. The third-order valence-corrected chi connectivity index (χ3v) is 4.88. The number of carbonyl (C=O) groups is 1. The molecule has 1 saturated carbocycles. The number of anilines is 1. The van der Waals surface area contributed by atoms with E-state index in [1.54, 1.807) is 12.1 Å². The average Bonchev–Trinajstić information content (AvgIpc) is 3.28. The molecule has 1 amide bonds. The first-order valence-corrected chi connectivity index (χ1v) is 8.33. The highest BCUT2D eigenvalue weighted by molar-refractivity contribution is 5.92. The lowest BCUT2D eigenvalue weighted by Gasteiger charge is -2.09. The molecule has 0 spiro atoms. The van der Waals surface area contributed by atoms with Gasteiger partial charge in [0.25, 0.3) is 5.69 Å². The Morgan fingerprint density at radius 2 is 1.88 bits per heavy atom. The van der Waals surface area contributed by atoms with Crippen LogP contribution in [0.3, 0.4) is 0 Å². The van der Waals surface area contributed by atoms with Crippen molar-refractivity contribution >= 4 is 17.3 Å². The fraction of sp³-hybridized carbons (Fsp3) is 0.316. The summed E-state index contributed by atoms with van der Waals surface area (Å²) >= 11 is 0. The van der Waals surface area contributed by atoms with Gasteiger partial charge in [-0.2, -0.15) is 0 Å². The first-order valence-electron chi connectivity index (χ1n) is 8.33. The first kappa shape index (κ1) is 17.1. The highest BCUT2D eigenvalue weighted by Crippen LogP contribution is 2.51. The normalized spacial score (nSPS) is 21.6. The van der Waals surface area contributed by atoms with Gasteiger partial charge in [-0.25, -0.2) is 0 Å². The van der Waals surface area contributed by atoms with Crippen molar-refractivity contribution in [1.29, 1.82) is 0 Å². The average molecular weight is 339 g/mol. The standard InChI is InChI=1S/C19H21N3O3/c1-2-19(20)12-17(19)14-5-7-15(8-6-14)21-18(23)11-13-3-9-16(10-4-13)22(24)25/h3-10,17H,2,11-12,20H2,1H3,(H,21,23)/t17-,19-/m0/s1. The van der Waals surface area contributed by atoms with E-state index in [9.17, 15) is 14.9 Å². The Morgan fingerprint density at radius 1 is 1.24 bits per heavy atom. The van der Waals surface area contributed by atoms with Crippen molar-refractivity contribution in [2.24, 2.45) is 5.73 Å². The van der Waals surface area contributed by atoms with Gasteiger partial charge in [0.1, 0.15) is 0 Å². The van der Waals surface area contributed by atoms with Crippen LogP contribution in [0.15, 0.2) is 48.5 Å². The third kappa shape index (κ3) is 3.85. The predicted octanol–water partition coefficient (Wildman–Crippen LogP) is 3.37. The molecule has 1 aliphatic rings. The molecule has 6 nitrogen and oxygen atoms in total. The Labute approximate surface area is 146 Å². The summed E-state index contributed by atoms with van der Waals surface area (Å²) < 4.78 is 0. The Bertz CT molecular complexity index is 787. The van der Waals surface area contributed by atoms with Gasteiger partial charge in [0.2, 0.25) is 5.91 Å². The maximum Gasteiger partial charge on any atom is 0.269 e. The van der Waals surface area contributed by atoms with E-state index < -0.39 is 4.92 Å². The van der Waals surface area contributed by atoms with Crippen molar-refractivity contribution in [2.45, 2.75) is 37.6 Å². The van der Waals surface area contributed by atoms with Gasteiger partial charge in [-0.1, -0.05) is 31.2 Å². The minimum atomic E-state index is -0.458. The summed E-state index contributed by atoms with van der Waals surface area (Å²) in [5.74, 6) is 0.247. The van der Waals surface area contributed by atoms with Crippen LogP contribution in [-0.4, -0.2) is 16.4 Å². The number of nitrogens with one attached hydrogen (secondary N) is 1. The molecular weight excluding hydrogens is 318 g/mol. The van der Waals surface area contributed by atoms with Gasteiger partial charge in [0.15, 0.2) is 0 Å². The van der Waals surface area contributed by atoms with E-state index in [0.717, 1.165) is 24.1 Å². The Hall–Kier alpha value is -2.73. The molecular formula is C19H21N3O3. The van der Waals surface area contributed by atoms with Crippen molar-refractivity contribution in [3.8, 4) is 0 Å². The van der Waals surface area contributed by atoms with Crippen LogP contribution in [0.2, 0.25) is 0 Å². The molecule has 0 unspecified atom stereocenters. The molecule has 0 heterocycles. The summed E-state index contributed by atoms with van der Waals surface area (Å²) in [6.07, 6.45) is 2.14. The zero-order valence-electron chi connectivity index (χ0n) is 14.1. The van der Waals surface area contributed by atoms with Crippen molar-refractivity contribution in [1.82, 2.24) is 0 Å². The number of rotatable bonds is 6. The van der Waals surface area contributed by atoms with Gasteiger partial charge in [-0.05, 0) is 36.1 Å². The summed E-state index contributed by atoms with van der Waals surface area (Å²) in [6.45, 7) is 2.10. The van der Waals surface area contributed by atoms with E-state index >= 15 is 0 Å². The lowest BCUT2D eigenvalue weighted by molar-refractivity contribution is -0.384. The van der Waals surface area contributed by atoms with Crippen LogP contribution in [0, 0.1) is 10.1 Å². The number of hydrogen-bond acceptors (Lipinski definition) is 4. The van der Waals surface area contributed by atoms with E-state index in [0.29, 0.717) is 5.92 Å². The van der Waals surface area contributed by atoms with Crippen LogP contribution in [0.4, 0.5) is 11.4 Å². The number of benzene rings is 2. The van der Waals surface area contributed by atoms with Gasteiger partial charge in [-0.15, -0.1) is 0 Å². The van der Waals surface area contributed by atoms with Gasteiger partial charge >= 0.3 is 0 Å². The number of nitro groups is 1. The van der Waals surface area contributed by atoms with Gasteiger partial charge in [-0.3, -0.25) is 14.9 Å². The van der Waals surface area contributed by atoms with E-state index in [1.165, 1.54) is 17.7 Å². The van der Waals surface area contributed by atoms with Crippen molar-refractivity contribution in [3.63, 3.8) is 0 Å². The Kier molecular flexibility index (Phi) is 4.55. The first-order chi connectivity index (χ1) is 11.9. The second-order valence-corrected chi connectivity index (χ2v) is 6.61. The van der Waals surface area contributed by atoms with Gasteiger partial charge < -0.3 is 11.1 Å².